The molecule has 70 valence electrons. The topological polar surface area (TPSA) is 9.23 Å². The molecule has 0 saturated carbocycles. The normalized spacial score (nSPS) is 12.2. The summed E-state index contributed by atoms with van der Waals surface area (Å²) in [5.41, 5.74) is 1.02. The van der Waals surface area contributed by atoms with Crippen LogP contribution in [0.5, 0.6) is 0 Å². The number of hydrogen-bond donors (Lipinski definition) is 0. The molecule has 0 aromatic heterocycles. The minimum Gasteiger partial charge on any atom is -0.494 e. The molecule has 0 aliphatic rings. The van der Waals surface area contributed by atoms with Gasteiger partial charge in [-0.3, -0.25) is 0 Å². The van der Waals surface area contributed by atoms with E-state index in [0.717, 1.165) is 17.0 Å². The van der Waals surface area contributed by atoms with E-state index in [4.69, 9.17) is 16.3 Å². The lowest BCUT2D eigenvalue weighted by Crippen LogP contribution is -1.99. The van der Waals surface area contributed by atoms with Crippen LogP contribution < -0.4 is 0 Å². The lowest BCUT2D eigenvalue weighted by atomic mass is 10.1. The molecule has 2 heteroatoms. The number of benzene rings is 1. The van der Waals surface area contributed by atoms with E-state index in [0.29, 0.717) is 0 Å². The number of rotatable bonds is 4. The summed E-state index contributed by atoms with van der Waals surface area (Å²) in [7, 11) is 0. The fourth-order valence-corrected chi connectivity index (χ4v) is 1.50. The summed E-state index contributed by atoms with van der Waals surface area (Å²) in [6.07, 6.45) is 2.36. The average Bonchev–Trinajstić information content (AvgIpc) is 2.16. The van der Waals surface area contributed by atoms with Crippen LogP contribution >= 0.6 is 11.6 Å². The molecule has 1 aromatic carbocycles. The first kappa shape index (κ1) is 10.1. The summed E-state index contributed by atoms with van der Waals surface area (Å²) in [6.45, 7) is 5.59. The molecular formula is C11H13ClO. The Morgan fingerprint density at radius 1 is 1.54 bits per heavy atom. The van der Waals surface area contributed by atoms with E-state index in [1.165, 1.54) is 6.26 Å². The van der Waals surface area contributed by atoms with Crippen molar-refractivity contribution in [3.8, 4) is 0 Å². The van der Waals surface area contributed by atoms with Gasteiger partial charge in [0.1, 0.15) is 6.10 Å². The van der Waals surface area contributed by atoms with Gasteiger partial charge >= 0.3 is 0 Å². The summed E-state index contributed by atoms with van der Waals surface area (Å²) in [5, 5.41) is 0.746. The van der Waals surface area contributed by atoms with Crippen molar-refractivity contribution < 1.29 is 4.74 Å². The Morgan fingerprint density at radius 2 is 2.23 bits per heavy atom. The first-order valence-electron chi connectivity index (χ1n) is 4.30. The molecule has 0 fully saturated rings. The first-order chi connectivity index (χ1) is 6.29. The second-order valence-electron chi connectivity index (χ2n) is 2.72. The molecule has 0 radical (unpaired) electrons. The van der Waals surface area contributed by atoms with Crippen LogP contribution in [-0.4, -0.2) is 0 Å². The summed E-state index contributed by atoms with van der Waals surface area (Å²) in [5.74, 6) is 0. The van der Waals surface area contributed by atoms with Gasteiger partial charge in [-0.15, -0.1) is 0 Å². The Kier molecular flexibility index (Phi) is 3.84. The summed E-state index contributed by atoms with van der Waals surface area (Å²) in [6, 6.07) is 7.70. The highest BCUT2D eigenvalue weighted by Gasteiger charge is 2.11. The minimum absolute atomic E-state index is 0.0196. The van der Waals surface area contributed by atoms with Gasteiger partial charge in [0.15, 0.2) is 0 Å². The first-order valence-corrected chi connectivity index (χ1v) is 4.68. The van der Waals surface area contributed by atoms with Crippen LogP contribution in [0.25, 0.3) is 0 Å². The molecule has 0 N–H and O–H groups in total. The molecule has 0 aliphatic heterocycles. The zero-order valence-corrected chi connectivity index (χ0v) is 8.42. The quantitative estimate of drug-likeness (QED) is 0.663. The molecule has 0 bridgehead atoms. The van der Waals surface area contributed by atoms with E-state index in [2.05, 4.69) is 13.5 Å². The highest BCUT2D eigenvalue weighted by atomic mass is 35.5. The third-order valence-corrected chi connectivity index (χ3v) is 2.23. The maximum absolute atomic E-state index is 6.02. The van der Waals surface area contributed by atoms with E-state index in [1.807, 2.05) is 24.3 Å². The Morgan fingerprint density at radius 3 is 2.77 bits per heavy atom. The lowest BCUT2D eigenvalue weighted by molar-refractivity contribution is 0.143. The minimum atomic E-state index is 0.0196. The van der Waals surface area contributed by atoms with E-state index >= 15 is 0 Å². The number of hydrogen-bond acceptors (Lipinski definition) is 1. The lowest BCUT2D eigenvalue weighted by Gasteiger charge is -2.15. The van der Waals surface area contributed by atoms with Crippen molar-refractivity contribution in [2.45, 2.75) is 19.4 Å². The molecular weight excluding hydrogens is 184 g/mol. The van der Waals surface area contributed by atoms with Gasteiger partial charge in [0.2, 0.25) is 0 Å². The van der Waals surface area contributed by atoms with Crippen LogP contribution in [0.4, 0.5) is 0 Å². The van der Waals surface area contributed by atoms with Gasteiger partial charge in [0, 0.05) is 10.6 Å². The van der Waals surface area contributed by atoms with Gasteiger partial charge in [-0.25, -0.2) is 0 Å². The highest BCUT2D eigenvalue weighted by Crippen LogP contribution is 2.27. The van der Waals surface area contributed by atoms with Crippen LogP contribution in [0.2, 0.25) is 5.02 Å². The Hall–Kier alpha value is -0.950. The zero-order chi connectivity index (χ0) is 9.68. The van der Waals surface area contributed by atoms with Crippen molar-refractivity contribution in [2.75, 3.05) is 0 Å². The fourth-order valence-electron chi connectivity index (χ4n) is 1.24. The van der Waals surface area contributed by atoms with Crippen molar-refractivity contribution in [3.63, 3.8) is 0 Å². The second kappa shape index (κ2) is 4.93. The van der Waals surface area contributed by atoms with Crippen molar-refractivity contribution in [3.05, 3.63) is 47.7 Å². The van der Waals surface area contributed by atoms with Crippen LogP contribution in [0.15, 0.2) is 37.1 Å². The van der Waals surface area contributed by atoms with Crippen molar-refractivity contribution in [1.29, 1.82) is 0 Å². The molecule has 0 amide bonds. The summed E-state index contributed by atoms with van der Waals surface area (Å²) >= 11 is 6.02. The Labute approximate surface area is 84.0 Å². The van der Waals surface area contributed by atoms with E-state index < -0.39 is 0 Å². The van der Waals surface area contributed by atoms with Gasteiger partial charge in [-0.1, -0.05) is 43.3 Å². The molecule has 13 heavy (non-hydrogen) atoms. The molecule has 1 unspecified atom stereocenters. The van der Waals surface area contributed by atoms with Gasteiger partial charge < -0.3 is 4.74 Å². The second-order valence-corrected chi connectivity index (χ2v) is 3.13. The van der Waals surface area contributed by atoms with Crippen LogP contribution in [-0.2, 0) is 4.74 Å². The van der Waals surface area contributed by atoms with Crippen molar-refractivity contribution in [2.24, 2.45) is 0 Å². The van der Waals surface area contributed by atoms with Gasteiger partial charge in [-0.2, -0.15) is 0 Å². The van der Waals surface area contributed by atoms with E-state index in [1.54, 1.807) is 0 Å². The Bertz CT molecular complexity index is 283. The molecule has 1 nitrogen and oxygen atoms in total. The summed E-state index contributed by atoms with van der Waals surface area (Å²) in [4.78, 5) is 0. The molecule has 0 saturated heterocycles. The number of ether oxygens (including phenoxy) is 1. The van der Waals surface area contributed by atoms with Crippen molar-refractivity contribution in [1.82, 2.24) is 0 Å². The standard InChI is InChI=1S/C11H13ClO/c1-3-11(13-4-2)9-7-5-6-8-10(9)12/h4-8,11H,2-3H2,1H3. The maximum Gasteiger partial charge on any atom is 0.124 e. The molecule has 0 heterocycles. The Balaban J connectivity index is 2.90. The van der Waals surface area contributed by atoms with Gasteiger partial charge in [0.05, 0.1) is 6.26 Å². The van der Waals surface area contributed by atoms with Gasteiger partial charge in [0.25, 0.3) is 0 Å². The third kappa shape index (κ3) is 2.49. The highest BCUT2D eigenvalue weighted by molar-refractivity contribution is 6.31. The smallest absolute Gasteiger partial charge is 0.124 e. The predicted molar refractivity (Wildman–Crippen MR) is 55.8 cm³/mol. The molecule has 0 aliphatic carbocycles. The van der Waals surface area contributed by atoms with Crippen molar-refractivity contribution >= 4 is 11.6 Å². The van der Waals surface area contributed by atoms with Crippen LogP contribution in [0.1, 0.15) is 25.0 Å². The fraction of sp³-hybridized carbons (Fsp3) is 0.273. The van der Waals surface area contributed by atoms with Crippen LogP contribution in [0.3, 0.4) is 0 Å². The molecule has 1 rings (SSSR count). The molecule has 1 atom stereocenters. The van der Waals surface area contributed by atoms with Gasteiger partial charge in [-0.05, 0) is 12.5 Å². The monoisotopic (exact) mass is 196 g/mol. The van der Waals surface area contributed by atoms with Crippen LogP contribution in [0, 0.1) is 0 Å². The average molecular weight is 197 g/mol. The van der Waals surface area contributed by atoms with E-state index in [9.17, 15) is 0 Å². The molecule has 1 aromatic rings. The summed E-state index contributed by atoms with van der Waals surface area (Å²) < 4.78 is 5.34. The number of halogens is 1. The largest absolute Gasteiger partial charge is 0.494 e. The third-order valence-electron chi connectivity index (χ3n) is 1.88. The SMILES string of the molecule is C=COC(CC)c1ccccc1Cl. The zero-order valence-electron chi connectivity index (χ0n) is 7.66. The molecule has 0 spiro atoms. The predicted octanol–water partition coefficient (Wildman–Crippen LogP) is 3.95. The maximum atomic E-state index is 6.02. The van der Waals surface area contributed by atoms with E-state index in [-0.39, 0.29) is 6.10 Å².